The van der Waals surface area contributed by atoms with Crippen LogP contribution in [0.3, 0.4) is 0 Å². The van der Waals surface area contributed by atoms with E-state index in [0.29, 0.717) is 39.2 Å². The van der Waals surface area contributed by atoms with Crippen LogP contribution in [0.5, 0.6) is 17.2 Å². The number of unbranched alkanes of at least 4 members (excludes halogenated alkanes) is 1. The molecule has 4 aromatic carbocycles. The van der Waals surface area contributed by atoms with Crippen molar-refractivity contribution in [1.82, 2.24) is 4.90 Å². The zero-order valence-corrected chi connectivity index (χ0v) is 28.0. The fourth-order valence-electron chi connectivity index (χ4n) is 6.31. The first-order valence-corrected chi connectivity index (χ1v) is 16.9. The van der Waals surface area contributed by atoms with E-state index in [4.69, 9.17) is 28.8 Å². The molecule has 1 aliphatic heterocycles. The second-order valence-corrected chi connectivity index (χ2v) is 12.2. The van der Waals surface area contributed by atoms with Gasteiger partial charge in [-0.25, -0.2) is 4.79 Å². The average molecular weight is 674 g/mol. The van der Waals surface area contributed by atoms with Crippen LogP contribution in [0.4, 0.5) is 4.79 Å². The van der Waals surface area contributed by atoms with E-state index in [9.17, 15) is 15.0 Å². The number of fused-ring (bicyclic) bond motifs is 1. The summed E-state index contributed by atoms with van der Waals surface area (Å²) in [6, 6.07) is 26.9. The van der Waals surface area contributed by atoms with Gasteiger partial charge in [-0.05, 0) is 59.7 Å². The third-order valence-electron chi connectivity index (χ3n) is 8.81. The van der Waals surface area contributed by atoms with Crippen molar-refractivity contribution in [2.75, 3.05) is 53.2 Å². The van der Waals surface area contributed by atoms with Gasteiger partial charge in [0.2, 0.25) is 0 Å². The maximum absolute atomic E-state index is 13.0. The summed E-state index contributed by atoms with van der Waals surface area (Å²) in [5.41, 5.74) is 2.77. The molecule has 262 valence electrons. The fourth-order valence-corrected chi connectivity index (χ4v) is 6.31. The molecule has 0 saturated carbocycles. The molecule has 0 bridgehead atoms. The van der Waals surface area contributed by atoms with Gasteiger partial charge in [0.25, 0.3) is 0 Å². The van der Waals surface area contributed by atoms with Gasteiger partial charge in [0.05, 0.1) is 52.8 Å². The van der Waals surface area contributed by atoms with Crippen LogP contribution >= 0.6 is 0 Å². The van der Waals surface area contributed by atoms with Gasteiger partial charge < -0.3 is 43.9 Å². The number of phenols is 1. The Balaban J connectivity index is 1.22. The highest BCUT2D eigenvalue weighted by atomic mass is 16.6. The van der Waals surface area contributed by atoms with Gasteiger partial charge in [-0.3, -0.25) is 0 Å². The minimum atomic E-state index is -0.470. The van der Waals surface area contributed by atoms with Crippen molar-refractivity contribution in [2.45, 2.75) is 44.5 Å². The van der Waals surface area contributed by atoms with E-state index in [1.165, 1.54) is 0 Å². The zero-order chi connectivity index (χ0) is 34.4. The van der Waals surface area contributed by atoms with Crippen LogP contribution in [0.1, 0.15) is 41.9 Å². The predicted molar refractivity (Wildman–Crippen MR) is 186 cm³/mol. The van der Waals surface area contributed by atoms with Gasteiger partial charge in [0.1, 0.15) is 17.2 Å². The molecule has 0 aromatic heterocycles. The fraction of sp³-hybridized carbons (Fsp3) is 0.410. The lowest BCUT2D eigenvalue weighted by atomic mass is 9.79. The van der Waals surface area contributed by atoms with E-state index in [1.54, 1.807) is 18.1 Å². The Morgan fingerprint density at radius 2 is 1.65 bits per heavy atom. The second kappa shape index (κ2) is 18.4. The lowest BCUT2D eigenvalue weighted by Crippen LogP contribution is -2.52. The summed E-state index contributed by atoms with van der Waals surface area (Å²) in [5.74, 6) is 1.19. The van der Waals surface area contributed by atoms with E-state index < -0.39 is 12.2 Å². The number of benzene rings is 4. The SMILES string of the molecule is COc1ccccc1COCCCOc1ccc(C2C(CO)CN(C(=O)OCCCCO)CC2OCc2cc(O)c3ccccc3c2)cc1. The number of rotatable bonds is 17. The molecule has 10 nitrogen and oxygen atoms in total. The van der Waals surface area contributed by atoms with Crippen LogP contribution < -0.4 is 9.47 Å². The summed E-state index contributed by atoms with van der Waals surface area (Å²) in [6.07, 6.45) is 0.908. The highest BCUT2D eigenvalue weighted by Crippen LogP contribution is 2.37. The molecule has 0 spiro atoms. The molecular formula is C39H47NO9. The van der Waals surface area contributed by atoms with Crippen LogP contribution in [0, 0.1) is 5.92 Å². The maximum atomic E-state index is 13.0. The van der Waals surface area contributed by atoms with Crippen molar-refractivity contribution in [3.8, 4) is 17.2 Å². The molecule has 4 aromatic rings. The lowest BCUT2D eigenvalue weighted by molar-refractivity contribution is -0.0516. The topological polar surface area (TPSA) is 127 Å². The smallest absolute Gasteiger partial charge is 0.409 e. The molecule has 0 aliphatic carbocycles. The van der Waals surface area contributed by atoms with Gasteiger partial charge in [-0.15, -0.1) is 0 Å². The summed E-state index contributed by atoms with van der Waals surface area (Å²) >= 11 is 0. The number of phenolic OH excluding ortho intramolecular Hbond substituents is 1. The Kier molecular flexibility index (Phi) is 13.5. The summed E-state index contributed by atoms with van der Waals surface area (Å²) in [7, 11) is 1.65. The number of aromatic hydroxyl groups is 1. The maximum Gasteiger partial charge on any atom is 0.409 e. The Hall–Kier alpha value is -4.35. The van der Waals surface area contributed by atoms with E-state index in [2.05, 4.69) is 0 Å². The monoisotopic (exact) mass is 673 g/mol. The first-order chi connectivity index (χ1) is 24.0. The number of para-hydroxylation sites is 1. The summed E-state index contributed by atoms with van der Waals surface area (Å²) in [5, 5.41) is 31.9. The van der Waals surface area contributed by atoms with Gasteiger partial charge >= 0.3 is 6.09 Å². The van der Waals surface area contributed by atoms with Crippen molar-refractivity contribution in [3.63, 3.8) is 0 Å². The molecule has 1 saturated heterocycles. The Labute approximate surface area is 287 Å². The van der Waals surface area contributed by atoms with Crippen LogP contribution in [0.15, 0.2) is 84.9 Å². The van der Waals surface area contributed by atoms with Gasteiger partial charge in [-0.1, -0.05) is 54.6 Å². The van der Waals surface area contributed by atoms with E-state index in [1.807, 2.05) is 78.9 Å². The van der Waals surface area contributed by atoms with Crippen molar-refractivity contribution >= 4 is 16.9 Å². The molecule has 10 heteroatoms. The standard InChI is InChI=1S/C39H47NO9/c1-45-36-12-5-3-10-31(36)27-46-18-8-20-47-33-15-13-29(14-16-33)38-32(25-42)23-40(39(44)48-19-7-6-17-41)24-37(38)49-26-28-21-30-9-2-4-11-34(30)35(43)22-28/h2-5,9-16,21-22,32,37-38,41-43H,6-8,17-20,23-27H2,1H3. The number of ether oxygens (including phenoxy) is 5. The minimum Gasteiger partial charge on any atom is -0.507 e. The van der Waals surface area contributed by atoms with Crippen LogP contribution in [0.2, 0.25) is 0 Å². The van der Waals surface area contributed by atoms with Crippen molar-refractivity contribution in [3.05, 3.63) is 102 Å². The Morgan fingerprint density at radius 1 is 0.857 bits per heavy atom. The number of aliphatic hydroxyl groups excluding tert-OH is 2. The number of carbonyl (C=O) groups excluding carboxylic acids is 1. The number of amides is 1. The number of carbonyl (C=O) groups is 1. The van der Waals surface area contributed by atoms with Gasteiger partial charge in [0.15, 0.2) is 0 Å². The largest absolute Gasteiger partial charge is 0.507 e. The molecule has 5 rings (SSSR count). The molecule has 1 heterocycles. The summed E-state index contributed by atoms with van der Waals surface area (Å²) in [6.45, 7) is 2.39. The van der Waals surface area contributed by atoms with E-state index >= 15 is 0 Å². The molecule has 3 N–H and O–H groups in total. The van der Waals surface area contributed by atoms with Crippen molar-refractivity contribution < 1.29 is 43.8 Å². The van der Waals surface area contributed by atoms with Crippen molar-refractivity contribution in [2.24, 2.45) is 5.92 Å². The predicted octanol–water partition coefficient (Wildman–Crippen LogP) is 6.04. The number of hydrogen-bond acceptors (Lipinski definition) is 9. The summed E-state index contributed by atoms with van der Waals surface area (Å²) < 4.78 is 29.2. The molecule has 49 heavy (non-hydrogen) atoms. The van der Waals surface area contributed by atoms with Crippen LogP contribution in [0.25, 0.3) is 10.8 Å². The summed E-state index contributed by atoms with van der Waals surface area (Å²) in [4.78, 5) is 14.6. The number of methoxy groups -OCH3 is 1. The third kappa shape index (κ3) is 9.86. The van der Waals surface area contributed by atoms with E-state index in [0.717, 1.165) is 45.4 Å². The van der Waals surface area contributed by atoms with Gasteiger partial charge in [-0.2, -0.15) is 0 Å². The third-order valence-corrected chi connectivity index (χ3v) is 8.81. The Bertz CT molecular complexity index is 1610. The molecule has 1 fully saturated rings. The van der Waals surface area contributed by atoms with Gasteiger partial charge in [0, 0.05) is 49.0 Å². The first-order valence-electron chi connectivity index (χ1n) is 16.9. The number of likely N-dealkylation sites (tertiary alicyclic amines) is 1. The van der Waals surface area contributed by atoms with E-state index in [-0.39, 0.29) is 50.6 Å². The molecule has 3 unspecified atom stereocenters. The number of hydrogen-bond donors (Lipinski definition) is 3. The first kappa shape index (κ1) is 35.9. The second-order valence-electron chi connectivity index (χ2n) is 12.2. The molecular weight excluding hydrogens is 626 g/mol. The molecule has 0 radical (unpaired) electrons. The lowest BCUT2D eigenvalue weighted by Gasteiger charge is -2.43. The number of piperidine rings is 1. The molecule has 3 atom stereocenters. The number of nitrogens with zero attached hydrogens (tertiary/aromatic N) is 1. The minimum absolute atomic E-state index is 0.0405. The number of aliphatic hydroxyl groups is 2. The van der Waals surface area contributed by atoms with Crippen LogP contribution in [-0.2, 0) is 27.4 Å². The highest BCUT2D eigenvalue weighted by molar-refractivity contribution is 5.88. The molecule has 1 amide bonds. The quantitative estimate of drug-likeness (QED) is 0.115. The average Bonchev–Trinajstić information content (AvgIpc) is 3.14. The highest BCUT2D eigenvalue weighted by Gasteiger charge is 2.40. The Morgan fingerprint density at radius 3 is 2.45 bits per heavy atom. The van der Waals surface area contributed by atoms with Crippen LogP contribution in [-0.4, -0.2) is 85.7 Å². The zero-order valence-electron chi connectivity index (χ0n) is 28.0. The molecule has 1 aliphatic rings. The van der Waals surface area contributed by atoms with Crippen molar-refractivity contribution in [1.29, 1.82) is 0 Å². The normalized spacial score (nSPS) is 17.6.